The van der Waals surface area contributed by atoms with Gasteiger partial charge in [0.25, 0.3) is 0 Å². The topological polar surface area (TPSA) is 39.1 Å². The molecule has 4 nitrogen and oxygen atoms in total. The first-order chi connectivity index (χ1) is 12.8. The minimum Gasteiger partial charge on any atom is -0.403 e. The van der Waals surface area contributed by atoms with E-state index in [1.807, 2.05) is 4.57 Å². The van der Waals surface area contributed by atoms with Gasteiger partial charge >= 0.3 is 6.36 Å². The zero-order valence-electron chi connectivity index (χ0n) is 14.3. The Balaban J connectivity index is 1.56. The molecule has 2 heterocycles. The van der Waals surface area contributed by atoms with E-state index in [0.29, 0.717) is 23.6 Å². The van der Waals surface area contributed by atoms with Crippen LogP contribution in [0.25, 0.3) is 0 Å². The molecule has 2 aromatic rings. The van der Waals surface area contributed by atoms with E-state index in [1.165, 1.54) is 0 Å². The van der Waals surface area contributed by atoms with Gasteiger partial charge in [0.1, 0.15) is 0 Å². The smallest absolute Gasteiger partial charge is 0.403 e. The summed E-state index contributed by atoms with van der Waals surface area (Å²) in [6, 6.07) is 2.57. The molecule has 0 amide bonds. The highest BCUT2D eigenvalue weighted by molar-refractivity contribution is 6.30. The Kier molecular flexibility index (Phi) is 4.80. The molecule has 1 unspecified atom stereocenters. The van der Waals surface area contributed by atoms with Gasteiger partial charge in [0.2, 0.25) is 0 Å². The minimum absolute atomic E-state index is 0.0324. The molecule has 0 radical (unpaired) electrons. The van der Waals surface area contributed by atoms with E-state index in [2.05, 4.69) is 15.0 Å². The molecule has 9 heteroatoms. The highest BCUT2D eigenvalue weighted by Crippen LogP contribution is 2.46. The van der Waals surface area contributed by atoms with Gasteiger partial charge in [-0.1, -0.05) is 17.7 Å². The second-order valence-corrected chi connectivity index (χ2v) is 7.29. The van der Waals surface area contributed by atoms with E-state index in [1.54, 1.807) is 12.4 Å². The number of ether oxygens (including phenoxy) is 1. The van der Waals surface area contributed by atoms with Gasteiger partial charge in [-0.05, 0) is 48.8 Å². The number of aryl methyl sites for hydroxylation is 1. The number of hydrogen-bond acceptors (Lipinski definition) is 3. The van der Waals surface area contributed by atoms with E-state index in [9.17, 15) is 17.6 Å². The van der Waals surface area contributed by atoms with Crippen molar-refractivity contribution in [2.45, 2.75) is 50.6 Å². The number of halogens is 5. The number of nitrogens with zero attached hydrogens (tertiary/aromatic N) is 2. The summed E-state index contributed by atoms with van der Waals surface area (Å²) < 4.78 is 58.0. The first kappa shape index (κ1) is 18.6. The van der Waals surface area contributed by atoms with Crippen LogP contribution in [0.15, 0.2) is 18.5 Å². The van der Waals surface area contributed by atoms with Crippen LogP contribution in [-0.2, 0) is 13.0 Å². The molecule has 27 heavy (non-hydrogen) atoms. The van der Waals surface area contributed by atoms with Crippen molar-refractivity contribution in [3.05, 3.63) is 46.3 Å². The molecule has 1 aliphatic carbocycles. The fourth-order valence-electron chi connectivity index (χ4n) is 3.73. The van der Waals surface area contributed by atoms with Crippen LogP contribution in [-0.4, -0.2) is 22.5 Å². The molecule has 4 rings (SSSR count). The Morgan fingerprint density at radius 2 is 2.07 bits per heavy atom. The predicted octanol–water partition coefficient (Wildman–Crippen LogP) is 4.73. The van der Waals surface area contributed by atoms with Crippen LogP contribution < -0.4 is 10.1 Å². The number of nitrogens with one attached hydrogen (secondary N) is 1. The molecule has 1 N–H and O–H groups in total. The molecule has 0 bridgehead atoms. The summed E-state index contributed by atoms with van der Waals surface area (Å²) in [5.41, 5.74) is 1.97. The molecule has 1 aromatic heterocycles. The zero-order chi connectivity index (χ0) is 19.2. The lowest BCUT2D eigenvalue weighted by atomic mass is 9.95. The van der Waals surface area contributed by atoms with Gasteiger partial charge in [-0.15, -0.1) is 13.2 Å². The average molecular weight is 404 g/mol. The van der Waals surface area contributed by atoms with E-state index in [0.717, 1.165) is 43.3 Å². The van der Waals surface area contributed by atoms with Crippen molar-refractivity contribution < 1.29 is 22.3 Å². The van der Waals surface area contributed by atoms with Crippen molar-refractivity contribution in [3.8, 4) is 5.75 Å². The number of hydrogen-bond donors (Lipinski definition) is 1. The van der Waals surface area contributed by atoms with Gasteiger partial charge < -0.3 is 14.6 Å². The monoisotopic (exact) mass is 403 g/mol. The quantitative estimate of drug-likeness (QED) is 0.734. The first-order valence-corrected chi connectivity index (χ1v) is 9.22. The number of rotatable bonds is 5. The number of benzene rings is 1. The molecule has 1 atom stereocenters. The summed E-state index contributed by atoms with van der Waals surface area (Å²) in [6.07, 6.45) is -0.494. The zero-order valence-corrected chi connectivity index (χ0v) is 15.1. The number of alkyl halides is 3. The van der Waals surface area contributed by atoms with Gasteiger partial charge in [0, 0.05) is 13.1 Å². The fraction of sp³-hybridized carbons (Fsp3) is 0.500. The number of imidazole rings is 1. The van der Waals surface area contributed by atoms with Crippen molar-refractivity contribution >= 4 is 11.6 Å². The van der Waals surface area contributed by atoms with Crippen LogP contribution >= 0.6 is 11.6 Å². The van der Waals surface area contributed by atoms with Gasteiger partial charge in [0.15, 0.2) is 16.7 Å². The van der Waals surface area contributed by atoms with Crippen LogP contribution in [0.4, 0.5) is 17.6 Å². The summed E-state index contributed by atoms with van der Waals surface area (Å²) in [6.45, 7) is 1.55. The Morgan fingerprint density at radius 1 is 1.30 bits per heavy atom. The molecule has 1 aromatic carbocycles. The maximum atomic E-state index is 14.7. The standard InChI is InChI=1S/C18H18ClF4N3O/c19-17-16-12(24-7-8-26(16)9-25-17)5-3-11-4-6-13(27-18(21,22)23)15(20)14(11)10-1-2-10/h4,6,9-10,12,24H,1-3,5,7-8H2. The summed E-state index contributed by atoms with van der Waals surface area (Å²) in [5.74, 6) is -1.69. The largest absolute Gasteiger partial charge is 0.573 e. The molecular formula is C18H18ClF4N3O. The van der Waals surface area contributed by atoms with Crippen LogP contribution in [0.3, 0.4) is 0 Å². The van der Waals surface area contributed by atoms with Gasteiger partial charge in [0.05, 0.1) is 18.1 Å². The van der Waals surface area contributed by atoms with Crippen LogP contribution in [0.1, 0.15) is 48.0 Å². The summed E-state index contributed by atoms with van der Waals surface area (Å²) in [4.78, 5) is 4.12. The number of aromatic nitrogens is 2. The SMILES string of the molecule is Fc1c(OC(F)(F)F)ccc(CCC2NCCn3cnc(Cl)c32)c1C1CC1. The Hall–Kier alpha value is -1.80. The summed E-state index contributed by atoms with van der Waals surface area (Å²) in [7, 11) is 0. The van der Waals surface area contributed by atoms with Crippen molar-refractivity contribution in [3.63, 3.8) is 0 Å². The van der Waals surface area contributed by atoms with E-state index in [-0.39, 0.29) is 12.0 Å². The van der Waals surface area contributed by atoms with Crippen LogP contribution in [0.2, 0.25) is 5.15 Å². The van der Waals surface area contributed by atoms with Crippen LogP contribution in [0.5, 0.6) is 5.75 Å². The second-order valence-electron chi connectivity index (χ2n) is 6.93. The van der Waals surface area contributed by atoms with Crippen molar-refractivity contribution in [2.24, 2.45) is 0 Å². The van der Waals surface area contributed by atoms with Crippen molar-refractivity contribution in [1.29, 1.82) is 0 Å². The van der Waals surface area contributed by atoms with Gasteiger partial charge in [-0.25, -0.2) is 9.37 Å². The van der Waals surface area contributed by atoms with E-state index in [4.69, 9.17) is 11.6 Å². The van der Waals surface area contributed by atoms with E-state index >= 15 is 0 Å². The second kappa shape index (κ2) is 6.98. The molecule has 0 spiro atoms. The lowest BCUT2D eigenvalue weighted by Crippen LogP contribution is -2.33. The molecule has 1 fully saturated rings. The first-order valence-electron chi connectivity index (χ1n) is 8.84. The lowest BCUT2D eigenvalue weighted by Gasteiger charge is -2.26. The molecular weight excluding hydrogens is 386 g/mol. The van der Waals surface area contributed by atoms with Crippen LogP contribution in [0, 0.1) is 5.82 Å². The molecule has 1 saturated carbocycles. The highest BCUT2D eigenvalue weighted by atomic mass is 35.5. The lowest BCUT2D eigenvalue weighted by molar-refractivity contribution is -0.275. The Labute approximate surface area is 158 Å². The summed E-state index contributed by atoms with van der Waals surface area (Å²) in [5, 5.41) is 3.82. The molecule has 0 saturated heterocycles. The third-order valence-electron chi connectivity index (χ3n) is 5.05. The Bertz CT molecular complexity index is 848. The van der Waals surface area contributed by atoms with Gasteiger partial charge in [-0.2, -0.15) is 0 Å². The number of fused-ring (bicyclic) bond motifs is 1. The minimum atomic E-state index is -4.91. The van der Waals surface area contributed by atoms with Gasteiger partial charge in [-0.3, -0.25) is 0 Å². The Morgan fingerprint density at radius 3 is 2.78 bits per heavy atom. The fourth-order valence-corrected chi connectivity index (χ4v) is 4.02. The highest BCUT2D eigenvalue weighted by Gasteiger charge is 2.36. The van der Waals surface area contributed by atoms with E-state index < -0.39 is 17.9 Å². The maximum absolute atomic E-state index is 14.7. The third kappa shape index (κ3) is 3.91. The molecule has 2 aliphatic rings. The van der Waals surface area contributed by atoms with Crippen molar-refractivity contribution in [1.82, 2.24) is 14.9 Å². The predicted molar refractivity (Wildman–Crippen MR) is 91.4 cm³/mol. The maximum Gasteiger partial charge on any atom is 0.573 e. The molecule has 146 valence electrons. The summed E-state index contributed by atoms with van der Waals surface area (Å²) >= 11 is 6.18. The average Bonchev–Trinajstić information content (AvgIpc) is 3.37. The normalized spacial score (nSPS) is 19.8. The third-order valence-corrected chi connectivity index (χ3v) is 5.34. The molecule has 1 aliphatic heterocycles. The van der Waals surface area contributed by atoms with Crippen molar-refractivity contribution in [2.75, 3.05) is 6.54 Å².